The van der Waals surface area contributed by atoms with Crippen LogP contribution in [0.5, 0.6) is 0 Å². The van der Waals surface area contributed by atoms with Crippen LogP contribution in [0.2, 0.25) is 0 Å². The Bertz CT molecular complexity index is 2000. The number of carbonyl (C=O) groups is 1. The second kappa shape index (κ2) is 70.7. The molecule has 0 bridgehead atoms. The average molecular weight is 1290 g/mol. The molecule has 0 spiro atoms. The third-order valence-electron chi connectivity index (χ3n) is 16.3. The molecule has 1 amide bonds. The van der Waals surface area contributed by atoms with E-state index in [4.69, 9.17) is 9.05 Å². The van der Waals surface area contributed by atoms with Crippen molar-refractivity contribution in [1.29, 1.82) is 0 Å². The van der Waals surface area contributed by atoms with Crippen LogP contribution < -0.4 is 5.32 Å². The van der Waals surface area contributed by atoms with Crippen molar-refractivity contribution in [2.75, 3.05) is 40.9 Å². The van der Waals surface area contributed by atoms with Crippen molar-refractivity contribution in [3.05, 3.63) is 146 Å². The molecule has 0 aliphatic carbocycles. The first kappa shape index (κ1) is 87.4. The molecule has 522 valence electrons. The smallest absolute Gasteiger partial charge is 0.387 e. The molecule has 9 heteroatoms. The molecule has 0 aromatic carbocycles. The summed E-state index contributed by atoms with van der Waals surface area (Å²) in [6.45, 7) is 4.69. The maximum atomic E-state index is 13.1. The second-order valence-electron chi connectivity index (χ2n) is 26.3. The third kappa shape index (κ3) is 73.7. The van der Waals surface area contributed by atoms with Gasteiger partial charge in [-0.2, -0.15) is 0 Å². The standard InChI is InChI=1S/C82H143N2O6P/c1-6-8-10-12-14-16-18-20-22-24-26-28-30-32-34-36-38-40-41-42-43-44-46-48-50-52-54-56-58-60-62-64-66-68-70-72-74-76-82(86)83-80(79-90-91(87,88)89-78-77-84(3,4)5)81(85)75-73-71-69-67-65-63-61-59-57-55-53-51-49-47-45-39-37-35-33-31-29-27-25-23-21-19-17-15-13-11-9-7-2/h8,10,14,16,20,22,26,28,32,34,38,40,42-43,46,48,52,54,58,60,65,67,73,75,80-81,85H,6-7,9,11-13,15,17-19,21,23-25,27,29-31,33,35-37,39,41,44-45,47,49-51,53,55-57,59,61-64,66,68-72,74,76-79H2,1-5H3,(H-,83,86,87,88)/p+1/b10-8-,16-14-,22-20-,28-26-,34-32-,40-38-,43-42-,48-46-,54-52-,60-58-,67-65+,75-73+. The average Bonchev–Trinajstić information content (AvgIpc) is 3.42. The molecular formula is C82H144N2O6P+. The number of likely N-dealkylation sites (N-methyl/N-ethyl adjacent to an activating group) is 1. The van der Waals surface area contributed by atoms with Gasteiger partial charge in [-0.25, -0.2) is 4.57 Å². The van der Waals surface area contributed by atoms with Crippen molar-refractivity contribution in [2.45, 2.75) is 328 Å². The van der Waals surface area contributed by atoms with E-state index < -0.39 is 20.0 Å². The number of amides is 1. The molecular weight excluding hydrogens is 1140 g/mol. The Morgan fingerprint density at radius 2 is 0.670 bits per heavy atom. The fraction of sp³-hybridized carbons (Fsp3) is 0.695. The Morgan fingerprint density at radius 1 is 0.385 bits per heavy atom. The van der Waals surface area contributed by atoms with Crippen LogP contribution in [-0.2, 0) is 18.4 Å². The van der Waals surface area contributed by atoms with E-state index in [0.717, 1.165) is 122 Å². The number of nitrogens with one attached hydrogen (secondary N) is 1. The molecule has 0 saturated heterocycles. The van der Waals surface area contributed by atoms with E-state index in [-0.39, 0.29) is 19.1 Å². The van der Waals surface area contributed by atoms with Crippen LogP contribution in [0.1, 0.15) is 316 Å². The van der Waals surface area contributed by atoms with Crippen LogP contribution in [-0.4, -0.2) is 73.4 Å². The van der Waals surface area contributed by atoms with Crippen molar-refractivity contribution in [2.24, 2.45) is 0 Å². The van der Waals surface area contributed by atoms with Crippen molar-refractivity contribution >= 4 is 13.7 Å². The molecule has 91 heavy (non-hydrogen) atoms. The monoisotopic (exact) mass is 1280 g/mol. The molecule has 0 saturated carbocycles. The fourth-order valence-corrected chi connectivity index (χ4v) is 11.2. The minimum absolute atomic E-state index is 0.0457. The Labute approximate surface area is 563 Å². The predicted octanol–water partition coefficient (Wildman–Crippen LogP) is 24.7. The number of nitrogens with zero attached hydrogens (tertiary/aromatic N) is 1. The Morgan fingerprint density at radius 3 is 1.01 bits per heavy atom. The molecule has 0 rings (SSSR count). The van der Waals surface area contributed by atoms with E-state index in [2.05, 4.69) is 153 Å². The number of hydrogen-bond acceptors (Lipinski definition) is 5. The fourth-order valence-electron chi connectivity index (χ4n) is 10.5. The van der Waals surface area contributed by atoms with Gasteiger partial charge in [0.05, 0.1) is 39.9 Å². The number of rotatable bonds is 68. The molecule has 0 radical (unpaired) electrons. The number of phosphoric ester groups is 1. The van der Waals surface area contributed by atoms with E-state index in [1.54, 1.807) is 6.08 Å². The summed E-state index contributed by atoms with van der Waals surface area (Å²) in [5, 5.41) is 14.0. The molecule has 0 aromatic rings. The zero-order chi connectivity index (χ0) is 66.2. The topological polar surface area (TPSA) is 105 Å². The van der Waals surface area contributed by atoms with Gasteiger partial charge in [0.1, 0.15) is 13.2 Å². The van der Waals surface area contributed by atoms with Gasteiger partial charge < -0.3 is 19.8 Å². The summed E-state index contributed by atoms with van der Waals surface area (Å²) >= 11 is 0. The molecule has 3 unspecified atom stereocenters. The summed E-state index contributed by atoms with van der Waals surface area (Å²) < 4.78 is 23.8. The minimum Gasteiger partial charge on any atom is -0.387 e. The van der Waals surface area contributed by atoms with Gasteiger partial charge in [-0.15, -0.1) is 0 Å². The summed E-state index contributed by atoms with van der Waals surface area (Å²) in [6, 6.07) is -0.885. The van der Waals surface area contributed by atoms with Crippen molar-refractivity contribution in [1.82, 2.24) is 5.32 Å². The van der Waals surface area contributed by atoms with Gasteiger partial charge in [0.2, 0.25) is 5.91 Å². The van der Waals surface area contributed by atoms with Crippen LogP contribution in [0.3, 0.4) is 0 Å². The maximum Gasteiger partial charge on any atom is 0.472 e. The summed E-state index contributed by atoms with van der Waals surface area (Å²) in [4.78, 5) is 23.5. The van der Waals surface area contributed by atoms with Gasteiger partial charge in [-0.3, -0.25) is 13.8 Å². The lowest BCUT2D eigenvalue weighted by Gasteiger charge is -2.25. The van der Waals surface area contributed by atoms with Crippen molar-refractivity contribution in [3.63, 3.8) is 0 Å². The van der Waals surface area contributed by atoms with Crippen molar-refractivity contribution in [3.8, 4) is 0 Å². The SMILES string of the molecule is CC/C=C\C/C=C\C/C=C\C/C=C\C/C=C\C/C=C\C/C=C\C/C=C\C/C=C\C/C=C\CCCCCCCCC(=O)NC(COP(=O)(O)OCC[N+](C)(C)C)C(O)/C=C/CC/C=C/CCCCCCCCCCCCCCCCCCCCCCCCCCCC. The number of hydrogen-bond donors (Lipinski definition) is 3. The van der Waals surface area contributed by atoms with Gasteiger partial charge in [0.15, 0.2) is 0 Å². The number of aliphatic hydroxyl groups excluding tert-OH is 1. The number of allylic oxidation sites excluding steroid dienone is 23. The summed E-state index contributed by atoms with van der Waals surface area (Å²) in [5.41, 5.74) is 0. The first-order valence-electron chi connectivity index (χ1n) is 37.7. The predicted molar refractivity (Wildman–Crippen MR) is 401 cm³/mol. The molecule has 0 fully saturated rings. The normalized spacial score (nSPS) is 14.4. The molecule has 0 heterocycles. The maximum absolute atomic E-state index is 13.1. The Hall–Kier alpha value is -3.62. The highest BCUT2D eigenvalue weighted by Gasteiger charge is 2.28. The highest BCUT2D eigenvalue weighted by molar-refractivity contribution is 7.47. The van der Waals surface area contributed by atoms with Crippen LogP contribution in [0.15, 0.2) is 146 Å². The molecule has 0 aliphatic rings. The first-order valence-corrected chi connectivity index (χ1v) is 39.2. The number of carbonyl (C=O) groups excluding carboxylic acids is 1. The lowest BCUT2D eigenvalue weighted by molar-refractivity contribution is -0.870. The van der Waals surface area contributed by atoms with Crippen LogP contribution in [0, 0.1) is 0 Å². The molecule has 0 aromatic heterocycles. The van der Waals surface area contributed by atoms with Crippen molar-refractivity contribution < 1.29 is 32.9 Å². The molecule has 8 nitrogen and oxygen atoms in total. The highest BCUT2D eigenvalue weighted by Crippen LogP contribution is 2.43. The first-order chi connectivity index (χ1) is 44.5. The summed E-state index contributed by atoms with van der Waals surface area (Å²) in [7, 11) is 1.53. The Balaban J connectivity index is 4.17. The van der Waals surface area contributed by atoms with E-state index in [0.29, 0.717) is 17.4 Å². The number of aliphatic hydroxyl groups is 1. The van der Waals surface area contributed by atoms with Gasteiger partial charge in [0.25, 0.3) is 0 Å². The molecule has 3 atom stereocenters. The number of quaternary nitrogens is 1. The van der Waals surface area contributed by atoms with Crippen LogP contribution in [0.4, 0.5) is 0 Å². The molecule has 0 aliphatic heterocycles. The number of phosphoric acid groups is 1. The number of unbranched alkanes of at least 4 members (excludes halogenated alkanes) is 33. The van der Waals surface area contributed by atoms with Gasteiger partial charge in [-0.1, -0.05) is 346 Å². The zero-order valence-electron chi connectivity index (χ0n) is 59.8. The van der Waals surface area contributed by atoms with E-state index in [1.807, 2.05) is 27.2 Å². The Kier molecular flexibility index (Phi) is 67.9. The van der Waals surface area contributed by atoms with E-state index in [1.165, 1.54) is 173 Å². The van der Waals surface area contributed by atoms with Gasteiger partial charge in [-0.05, 0) is 109 Å². The van der Waals surface area contributed by atoms with Gasteiger partial charge >= 0.3 is 7.82 Å². The quantitative estimate of drug-likeness (QED) is 0.0243. The van der Waals surface area contributed by atoms with E-state index in [9.17, 15) is 19.4 Å². The molecule has 3 N–H and O–H groups in total. The lowest BCUT2D eigenvalue weighted by atomic mass is 10.0. The summed E-state index contributed by atoms with van der Waals surface area (Å²) in [6.07, 6.45) is 109. The summed E-state index contributed by atoms with van der Waals surface area (Å²) in [5.74, 6) is -0.204. The lowest BCUT2D eigenvalue weighted by Crippen LogP contribution is -2.45. The largest absolute Gasteiger partial charge is 0.472 e. The van der Waals surface area contributed by atoms with E-state index >= 15 is 0 Å². The van der Waals surface area contributed by atoms with Crippen LogP contribution >= 0.6 is 7.82 Å². The van der Waals surface area contributed by atoms with Gasteiger partial charge in [0, 0.05) is 6.42 Å². The highest BCUT2D eigenvalue weighted by atomic mass is 31.2. The second-order valence-corrected chi connectivity index (χ2v) is 27.7. The zero-order valence-corrected chi connectivity index (χ0v) is 60.7. The van der Waals surface area contributed by atoms with Crippen LogP contribution in [0.25, 0.3) is 0 Å². The minimum atomic E-state index is -4.38. The third-order valence-corrected chi connectivity index (χ3v) is 17.3.